The molecule has 0 saturated carbocycles. The molecule has 2 N–H and O–H groups in total. The van der Waals surface area contributed by atoms with Gasteiger partial charge in [0.05, 0.1) is 10.7 Å². The van der Waals surface area contributed by atoms with Gasteiger partial charge in [-0.15, -0.1) is 11.3 Å². The molecule has 2 heterocycles. The average molecular weight is 350 g/mol. The van der Waals surface area contributed by atoms with Gasteiger partial charge in [-0.05, 0) is 36.5 Å². The summed E-state index contributed by atoms with van der Waals surface area (Å²) in [6, 6.07) is 11.3. The van der Waals surface area contributed by atoms with E-state index in [0.717, 1.165) is 13.1 Å². The van der Waals surface area contributed by atoms with E-state index >= 15 is 0 Å². The first-order valence-corrected chi connectivity index (χ1v) is 8.90. The number of anilines is 1. The largest absolute Gasteiger partial charge is 0.338 e. The highest BCUT2D eigenvalue weighted by Crippen LogP contribution is 2.34. The van der Waals surface area contributed by atoms with Crippen LogP contribution in [0, 0.1) is 5.92 Å². The molecule has 1 fully saturated rings. The predicted molar refractivity (Wildman–Crippen MR) is 96.5 cm³/mol. The molecule has 2 aromatic rings. The molecular weight excluding hydrogens is 330 g/mol. The molecule has 0 radical (unpaired) electrons. The zero-order chi connectivity index (χ0) is 16.2. The van der Waals surface area contributed by atoms with Crippen LogP contribution in [0.25, 0.3) is 0 Å². The fraction of sp³-hybridized carbons (Fsp3) is 0.353. The Bertz CT molecular complexity index is 662. The number of halogens is 1. The second-order valence-corrected chi connectivity index (χ2v) is 7.30. The van der Waals surface area contributed by atoms with E-state index in [1.165, 1.54) is 4.88 Å². The van der Waals surface area contributed by atoms with Crippen molar-refractivity contribution in [1.29, 1.82) is 0 Å². The number of nitrogens with one attached hydrogen (secondary N) is 2. The first kappa shape index (κ1) is 16.3. The number of likely N-dealkylation sites (N-methyl/N-ethyl adjacent to an activating group) is 1. The maximum Gasteiger partial charge on any atom is 0.319 e. The number of carbonyl (C=O) groups is 1. The minimum absolute atomic E-state index is 0.211. The summed E-state index contributed by atoms with van der Waals surface area (Å²) < 4.78 is 0. The van der Waals surface area contributed by atoms with Crippen molar-refractivity contribution in [2.45, 2.75) is 5.92 Å². The summed E-state index contributed by atoms with van der Waals surface area (Å²) in [5.74, 6) is 0.913. The molecule has 1 aliphatic heterocycles. The molecule has 0 spiro atoms. The van der Waals surface area contributed by atoms with Gasteiger partial charge >= 0.3 is 6.03 Å². The van der Waals surface area contributed by atoms with E-state index in [0.29, 0.717) is 29.1 Å². The van der Waals surface area contributed by atoms with Crippen LogP contribution in [-0.4, -0.2) is 37.6 Å². The number of urea groups is 1. The zero-order valence-corrected chi connectivity index (χ0v) is 14.5. The Hall–Kier alpha value is -1.56. The summed E-state index contributed by atoms with van der Waals surface area (Å²) in [4.78, 5) is 15.8. The van der Waals surface area contributed by atoms with Gasteiger partial charge in [0, 0.05) is 30.4 Å². The molecule has 23 heavy (non-hydrogen) atoms. The highest BCUT2D eigenvalue weighted by molar-refractivity contribution is 7.10. The summed E-state index contributed by atoms with van der Waals surface area (Å²) in [6.07, 6.45) is 0. The number of amides is 2. The quantitative estimate of drug-likeness (QED) is 0.880. The maximum atomic E-state index is 12.1. The molecule has 0 unspecified atom stereocenters. The lowest BCUT2D eigenvalue weighted by Gasteiger charge is -2.18. The van der Waals surface area contributed by atoms with Gasteiger partial charge in [-0.25, -0.2) is 4.79 Å². The molecule has 0 bridgehead atoms. The summed E-state index contributed by atoms with van der Waals surface area (Å²) >= 11 is 7.85. The topological polar surface area (TPSA) is 44.4 Å². The first-order chi connectivity index (χ1) is 11.1. The van der Waals surface area contributed by atoms with Crippen LogP contribution in [0.1, 0.15) is 10.8 Å². The second-order valence-electron chi connectivity index (χ2n) is 5.92. The molecule has 1 aromatic heterocycles. The van der Waals surface area contributed by atoms with E-state index in [1.807, 2.05) is 12.1 Å². The lowest BCUT2D eigenvalue weighted by atomic mass is 9.94. The van der Waals surface area contributed by atoms with Crippen molar-refractivity contribution >= 4 is 34.7 Å². The van der Waals surface area contributed by atoms with Crippen LogP contribution in [0.15, 0.2) is 41.8 Å². The minimum atomic E-state index is -0.211. The van der Waals surface area contributed by atoms with Crippen LogP contribution >= 0.6 is 22.9 Å². The summed E-state index contributed by atoms with van der Waals surface area (Å²) in [6.45, 7) is 2.69. The van der Waals surface area contributed by atoms with Gasteiger partial charge in [0.15, 0.2) is 0 Å². The lowest BCUT2D eigenvalue weighted by molar-refractivity contribution is 0.249. The predicted octanol–water partition coefficient (Wildman–Crippen LogP) is 3.87. The summed E-state index contributed by atoms with van der Waals surface area (Å²) in [5.41, 5.74) is 0.630. The Morgan fingerprint density at radius 1 is 1.30 bits per heavy atom. The standard InChI is InChI=1S/C17H20ClN3OS/c1-21-10-12(13(11-21)16-7-4-8-23-16)9-19-17(22)20-15-6-3-2-5-14(15)18/h2-8,12-13H,9-11H2,1H3,(H2,19,20,22)/t12-,13+/m1/s1. The summed E-state index contributed by atoms with van der Waals surface area (Å²) in [5, 5.41) is 8.44. The highest BCUT2D eigenvalue weighted by Gasteiger charge is 2.32. The van der Waals surface area contributed by atoms with Crippen LogP contribution in [0.5, 0.6) is 0 Å². The van der Waals surface area contributed by atoms with Gasteiger partial charge in [-0.3, -0.25) is 0 Å². The second kappa shape index (κ2) is 7.34. The molecule has 6 heteroatoms. The lowest BCUT2D eigenvalue weighted by Crippen LogP contribution is -2.35. The van der Waals surface area contributed by atoms with E-state index < -0.39 is 0 Å². The third kappa shape index (κ3) is 4.05. The van der Waals surface area contributed by atoms with Gasteiger partial charge in [0.2, 0.25) is 0 Å². The number of para-hydroxylation sites is 1. The van der Waals surface area contributed by atoms with Crippen molar-refractivity contribution in [3.05, 3.63) is 51.7 Å². The number of benzene rings is 1. The molecule has 122 valence electrons. The number of carbonyl (C=O) groups excluding carboxylic acids is 1. The molecule has 1 aromatic carbocycles. The van der Waals surface area contributed by atoms with Crippen molar-refractivity contribution in [1.82, 2.24) is 10.2 Å². The third-order valence-electron chi connectivity index (χ3n) is 4.18. The Morgan fingerprint density at radius 3 is 2.87 bits per heavy atom. The van der Waals surface area contributed by atoms with Crippen LogP contribution in [-0.2, 0) is 0 Å². The van der Waals surface area contributed by atoms with E-state index in [2.05, 4.69) is 40.1 Å². The van der Waals surface area contributed by atoms with Crippen LogP contribution < -0.4 is 10.6 Å². The average Bonchev–Trinajstić information content (AvgIpc) is 3.16. The Labute approximate surface area is 145 Å². The van der Waals surface area contributed by atoms with Gasteiger partial charge in [0.1, 0.15) is 0 Å². The summed E-state index contributed by atoms with van der Waals surface area (Å²) in [7, 11) is 2.13. The third-order valence-corrected chi connectivity index (χ3v) is 5.51. The van der Waals surface area contributed by atoms with Crippen LogP contribution in [0.2, 0.25) is 5.02 Å². The minimum Gasteiger partial charge on any atom is -0.338 e. The molecule has 4 nitrogen and oxygen atoms in total. The van der Waals surface area contributed by atoms with Gasteiger partial charge in [-0.1, -0.05) is 29.8 Å². The Morgan fingerprint density at radius 2 is 2.13 bits per heavy atom. The Kier molecular flexibility index (Phi) is 5.20. The van der Waals surface area contributed by atoms with E-state index in [-0.39, 0.29) is 6.03 Å². The van der Waals surface area contributed by atoms with E-state index in [4.69, 9.17) is 11.6 Å². The van der Waals surface area contributed by atoms with Crippen LogP contribution in [0.4, 0.5) is 10.5 Å². The number of hydrogen-bond donors (Lipinski definition) is 2. The number of likely N-dealkylation sites (tertiary alicyclic amines) is 1. The smallest absolute Gasteiger partial charge is 0.319 e. The Balaban J connectivity index is 1.57. The van der Waals surface area contributed by atoms with E-state index in [1.54, 1.807) is 23.5 Å². The number of thiophene rings is 1. The monoisotopic (exact) mass is 349 g/mol. The van der Waals surface area contributed by atoms with E-state index in [9.17, 15) is 4.79 Å². The van der Waals surface area contributed by atoms with Crippen molar-refractivity contribution in [2.75, 3.05) is 32.0 Å². The van der Waals surface area contributed by atoms with Gasteiger partial charge in [0.25, 0.3) is 0 Å². The van der Waals surface area contributed by atoms with Crippen molar-refractivity contribution in [3.63, 3.8) is 0 Å². The highest BCUT2D eigenvalue weighted by atomic mass is 35.5. The maximum absolute atomic E-state index is 12.1. The van der Waals surface area contributed by atoms with Crippen molar-refractivity contribution < 1.29 is 4.79 Å². The SMILES string of the molecule is CN1C[C@@H](CNC(=O)Nc2ccccc2Cl)[C@@H](c2cccs2)C1. The number of hydrogen-bond acceptors (Lipinski definition) is 3. The molecule has 0 aliphatic carbocycles. The molecular formula is C17H20ClN3OS. The fourth-order valence-electron chi connectivity index (χ4n) is 3.07. The number of nitrogens with zero attached hydrogens (tertiary/aromatic N) is 1. The molecule has 3 rings (SSSR count). The molecule has 1 aliphatic rings. The number of rotatable bonds is 4. The van der Waals surface area contributed by atoms with Crippen molar-refractivity contribution in [2.24, 2.45) is 5.92 Å². The first-order valence-electron chi connectivity index (χ1n) is 7.65. The van der Waals surface area contributed by atoms with Crippen molar-refractivity contribution in [3.8, 4) is 0 Å². The molecule has 2 atom stereocenters. The van der Waals surface area contributed by atoms with Crippen LogP contribution in [0.3, 0.4) is 0 Å². The molecule has 1 saturated heterocycles. The fourth-order valence-corrected chi connectivity index (χ4v) is 4.17. The normalized spacial score (nSPS) is 21.3. The molecule has 2 amide bonds. The van der Waals surface area contributed by atoms with Gasteiger partial charge in [-0.2, -0.15) is 0 Å². The zero-order valence-electron chi connectivity index (χ0n) is 13.0. The van der Waals surface area contributed by atoms with Gasteiger partial charge < -0.3 is 15.5 Å².